The molecular formula is C13H14N2O2. The number of rotatable bonds is 3. The van der Waals surface area contributed by atoms with Crippen molar-refractivity contribution in [3.63, 3.8) is 0 Å². The summed E-state index contributed by atoms with van der Waals surface area (Å²) in [4.78, 5) is 27.5. The SMILES string of the molecule is CCCC=Cc1ccc2[nH]c(=O)[nH]c(=O)c2c1. The van der Waals surface area contributed by atoms with E-state index in [9.17, 15) is 9.59 Å². The van der Waals surface area contributed by atoms with E-state index < -0.39 is 5.69 Å². The van der Waals surface area contributed by atoms with Crippen LogP contribution < -0.4 is 11.2 Å². The van der Waals surface area contributed by atoms with Crippen molar-refractivity contribution in [2.24, 2.45) is 0 Å². The van der Waals surface area contributed by atoms with E-state index in [1.165, 1.54) is 0 Å². The van der Waals surface area contributed by atoms with Crippen LogP contribution in [0.3, 0.4) is 0 Å². The quantitative estimate of drug-likeness (QED) is 0.847. The van der Waals surface area contributed by atoms with Crippen LogP contribution in [0.15, 0.2) is 33.9 Å². The van der Waals surface area contributed by atoms with Gasteiger partial charge in [0.25, 0.3) is 5.56 Å². The Bertz CT molecular complexity index is 665. The summed E-state index contributed by atoms with van der Waals surface area (Å²) in [5.41, 5.74) is 0.696. The lowest BCUT2D eigenvalue weighted by molar-refractivity contribution is 0.962. The zero-order valence-electron chi connectivity index (χ0n) is 9.62. The van der Waals surface area contributed by atoms with Crippen LogP contribution in [0.2, 0.25) is 0 Å². The van der Waals surface area contributed by atoms with Gasteiger partial charge in [-0.2, -0.15) is 0 Å². The van der Waals surface area contributed by atoms with Gasteiger partial charge in [-0.3, -0.25) is 9.78 Å². The van der Waals surface area contributed by atoms with Gasteiger partial charge >= 0.3 is 5.69 Å². The standard InChI is InChI=1S/C13H14N2O2/c1-2-3-4-5-9-6-7-11-10(8-9)12(16)15-13(17)14-11/h4-8H,2-3H2,1H3,(H2,14,15,16,17). The van der Waals surface area contributed by atoms with Crippen LogP contribution in [0.5, 0.6) is 0 Å². The molecule has 0 aliphatic rings. The molecule has 1 heterocycles. The van der Waals surface area contributed by atoms with Gasteiger partial charge in [0.2, 0.25) is 0 Å². The van der Waals surface area contributed by atoms with E-state index in [0.717, 1.165) is 18.4 Å². The first kappa shape index (κ1) is 11.4. The third-order valence-electron chi connectivity index (χ3n) is 2.53. The third-order valence-corrected chi connectivity index (χ3v) is 2.53. The molecule has 2 N–H and O–H groups in total. The highest BCUT2D eigenvalue weighted by atomic mass is 16.2. The number of allylic oxidation sites excluding steroid dienone is 1. The highest BCUT2D eigenvalue weighted by molar-refractivity contribution is 5.80. The highest BCUT2D eigenvalue weighted by Crippen LogP contribution is 2.10. The van der Waals surface area contributed by atoms with Gasteiger partial charge in [-0.05, 0) is 24.1 Å². The van der Waals surface area contributed by atoms with Gasteiger partial charge in [0.05, 0.1) is 10.9 Å². The fourth-order valence-corrected chi connectivity index (χ4v) is 1.67. The molecule has 0 bridgehead atoms. The summed E-state index contributed by atoms with van der Waals surface area (Å²) in [7, 11) is 0. The summed E-state index contributed by atoms with van der Waals surface area (Å²) in [6.07, 6.45) is 6.16. The average molecular weight is 230 g/mol. The molecule has 4 heteroatoms. The molecular weight excluding hydrogens is 216 g/mol. The first-order valence-electron chi connectivity index (χ1n) is 5.63. The lowest BCUT2D eigenvalue weighted by Gasteiger charge is -1.98. The molecule has 17 heavy (non-hydrogen) atoms. The molecule has 0 unspecified atom stereocenters. The van der Waals surface area contributed by atoms with Gasteiger partial charge in [0.15, 0.2) is 0 Å². The number of fused-ring (bicyclic) bond motifs is 1. The van der Waals surface area contributed by atoms with Gasteiger partial charge in [-0.1, -0.05) is 31.6 Å². The van der Waals surface area contributed by atoms with Crippen LogP contribution in [-0.4, -0.2) is 9.97 Å². The van der Waals surface area contributed by atoms with E-state index in [2.05, 4.69) is 23.0 Å². The third kappa shape index (κ3) is 2.53. The van der Waals surface area contributed by atoms with Crippen molar-refractivity contribution in [2.45, 2.75) is 19.8 Å². The van der Waals surface area contributed by atoms with Crippen molar-refractivity contribution in [2.75, 3.05) is 0 Å². The summed E-state index contributed by atoms with van der Waals surface area (Å²) in [5, 5.41) is 0.503. The highest BCUT2D eigenvalue weighted by Gasteiger charge is 2.00. The fraction of sp³-hybridized carbons (Fsp3) is 0.231. The van der Waals surface area contributed by atoms with E-state index in [1.54, 1.807) is 12.1 Å². The number of nitrogens with one attached hydrogen (secondary N) is 2. The molecule has 2 aromatic rings. The molecule has 0 fully saturated rings. The van der Waals surface area contributed by atoms with Crippen molar-refractivity contribution in [3.05, 3.63) is 50.7 Å². The maximum atomic E-state index is 11.6. The van der Waals surface area contributed by atoms with Crippen molar-refractivity contribution in [3.8, 4) is 0 Å². The van der Waals surface area contributed by atoms with Gasteiger partial charge in [-0.15, -0.1) is 0 Å². The fourth-order valence-electron chi connectivity index (χ4n) is 1.67. The second kappa shape index (κ2) is 4.82. The Morgan fingerprint density at radius 1 is 1.24 bits per heavy atom. The second-order valence-electron chi connectivity index (χ2n) is 3.90. The van der Waals surface area contributed by atoms with Crippen LogP contribution in [0.25, 0.3) is 17.0 Å². The lowest BCUT2D eigenvalue weighted by atomic mass is 10.1. The summed E-state index contributed by atoms with van der Waals surface area (Å²) in [6, 6.07) is 5.40. The minimum atomic E-state index is -0.475. The molecule has 2 rings (SSSR count). The van der Waals surface area contributed by atoms with Gasteiger partial charge in [-0.25, -0.2) is 4.79 Å². The summed E-state index contributed by atoms with van der Waals surface area (Å²) in [5.74, 6) is 0. The van der Waals surface area contributed by atoms with E-state index in [1.807, 2.05) is 12.1 Å². The topological polar surface area (TPSA) is 65.7 Å². The van der Waals surface area contributed by atoms with E-state index >= 15 is 0 Å². The van der Waals surface area contributed by atoms with Crippen molar-refractivity contribution in [1.29, 1.82) is 0 Å². The number of aromatic nitrogens is 2. The second-order valence-corrected chi connectivity index (χ2v) is 3.90. The molecule has 4 nitrogen and oxygen atoms in total. The van der Waals surface area contributed by atoms with Crippen molar-refractivity contribution < 1.29 is 0 Å². The number of H-pyrrole nitrogens is 2. The minimum absolute atomic E-state index is 0.352. The molecule has 0 radical (unpaired) electrons. The van der Waals surface area contributed by atoms with Gasteiger partial charge in [0.1, 0.15) is 0 Å². The Morgan fingerprint density at radius 3 is 2.82 bits per heavy atom. The molecule has 0 aliphatic heterocycles. The Kier molecular flexibility index (Phi) is 3.23. The summed E-state index contributed by atoms with van der Waals surface area (Å²) < 4.78 is 0. The van der Waals surface area contributed by atoms with Crippen LogP contribution in [-0.2, 0) is 0 Å². The minimum Gasteiger partial charge on any atom is -0.307 e. The maximum absolute atomic E-state index is 11.6. The molecule has 0 saturated heterocycles. The Hall–Kier alpha value is -2.10. The number of hydrogen-bond acceptors (Lipinski definition) is 2. The smallest absolute Gasteiger partial charge is 0.307 e. The number of hydrogen-bond donors (Lipinski definition) is 2. The molecule has 1 aromatic carbocycles. The molecule has 1 aromatic heterocycles. The Labute approximate surface area is 98.0 Å². The molecule has 88 valence electrons. The first-order valence-corrected chi connectivity index (χ1v) is 5.63. The predicted molar refractivity (Wildman–Crippen MR) is 69.1 cm³/mol. The maximum Gasteiger partial charge on any atom is 0.326 e. The Morgan fingerprint density at radius 2 is 2.06 bits per heavy atom. The van der Waals surface area contributed by atoms with Crippen LogP contribution in [0, 0.1) is 0 Å². The summed E-state index contributed by atoms with van der Waals surface area (Å²) in [6.45, 7) is 2.11. The van der Waals surface area contributed by atoms with Crippen molar-refractivity contribution in [1.82, 2.24) is 9.97 Å². The number of aromatic amines is 2. The molecule has 0 aliphatic carbocycles. The average Bonchev–Trinajstić information content (AvgIpc) is 2.30. The van der Waals surface area contributed by atoms with E-state index in [4.69, 9.17) is 0 Å². The molecule has 0 spiro atoms. The van der Waals surface area contributed by atoms with Gasteiger partial charge in [0, 0.05) is 0 Å². The van der Waals surface area contributed by atoms with Crippen molar-refractivity contribution >= 4 is 17.0 Å². The van der Waals surface area contributed by atoms with Crippen LogP contribution in [0.4, 0.5) is 0 Å². The molecule has 0 saturated carbocycles. The van der Waals surface area contributed by atoms with E-state index in [-0.39, 0.29) is 5.56 Å². The normalized spacial score (nSPS) is 11.4. The number of benzene rings is 1. The zero-order valence-corrected chi connectivity index (χ0v) is 9.62. The zero-order chi connectivity index (χ0) is 12.3. The van der Waals surface area contributed by atoms with E-state index in [0.29, 0.717) is 10.9 Å². The first-order chi connectivity index (χ1) is 8.20. The predicted octanol–water partition coefficient (Wildman–Crippen LogP) is 2.03. The molecule has 0 amide bonds. The van der Waals surface area contributed by atoms with Crippen LogP contribution in [0.1, 0.15) is 25.3 Å². The van der Waals surface area contributed by atoms with Crippen LogP contribution >= 0.6 is 0 Å². The van der Waals surface area contributed by atoms with Gasteiger partial charge < -0.3 is 4.98 Å². The Balaban J connectivity index is 2.51. The summed E-state index contributed by atoms with van der Waals surface area (Å²) >= 11 is 0. The molecule has 0 atom stereocenters. The number of unbranched alkanes of at least 4 members (excludes halogenated alkanes) is 1. The largest absolute Gasteiger partial charge is 0.326 e. The monoisotopic (exact) mass is 230 g/mol. The lowest BCUT2D eigenvalue weighted by Crippen LogP contribution is -2.21.